The van der Waals surface area contributed by atoms with Crippen LogP contribution in [0.1, 0.15) is 18.9 Å². The van der Waals surface area contributed by atoms with Crippen molar-refractivity contribution >= 4 is 17.3 Å². The molecule has 3 heteroatoms. The predicted octanol–water partition coefficient (Wildman–Crippen LogP) is 2.85. The van der Waals surface area contributed by atoms with Crippen molar-refractivity contribution in [3.05, 3.63) is 28.8 Å². The van der Waals surface area contributed by atoms with Crippen LogP contribution in [0.15, 0.2) is 18.2 Å². The highest BCUT2D eigenvalue weighted by Crippen LogP contribution is 2.22. The van der Waals surface area contributed by atoms with Crippen LogP contribution >= 0.6 is 11.6 Å². The number of hydrogen-bond acceptors (Lipinski definition) is 2. The number of halogens is 1. The third kappa shape index (κ3) is 2.90. The highest BCUT2D eigenvalue weighted by molar-refractivity contribution is 6.31. The zero-order valence-electron chi connectivity index (χ0n) is 7.72. The van der Waals surface area contributed by atoms with Crippen LogP contribution in [0.25, 0.3) is 0 Å². The topological polar surface area (TPSA) is 35.2 Å². The predicted molar refractivity (Wildman–Crippen MR) is 55.8 cm³/mol. The second-order valence-electron chi connectivity index (χ2n) is 2.86. The first-order chi connectivity index (χ1) is 6.25. The molecule has 72 valence electrons. The van der Waals surface area contributed by atoms with Crippen LogP contribution in [0, 0.1) is 0 Å². The monoisotopic (exact) mass is 199 g/mol. The van der Waals surface area contributed by atoms with E-state index in [9.17, 15) is 0 Å². The molecule has 2 N–H and O–H groups in total. The molecule has 0 aromatic heterocycles. The van der Waals surface area contributed by atoms with Crippen LogP contribution in [-0.2, 0) is 11.3 Å². The summed E-state index contributed by atoms with van der Waals surface area (Å²) in [7, 11) is 0. The van der Waals surface area contributed by atoms with Crippen molar-refractivity contribution in [3.8, 4) is 0 Å². The van der Waals surface area contributed by atoms with E-state index in [0.29, 0.717) is 17.3 Å². The second-order valence-corrected chi connectivity index (χ2v) is 3.27. The summed E-state index contributed by atoms with van der Waals surface area (Å²) in [6.45, 7) is 3.31. The van der Waals surface area contributed by atoms with Crippen LogP contribution in [-0.4, -0.2) is 6.61 Å². The Hall–Kier alpha value is -0.730. The Morgan fingerprint density at radius 3 is 2.85 bits per heavy atom. The number of rotatable bonds is 4. The summed E-state index contributed by atoms with van der Waals surface area (Å²) >= 11 is 5.95. The number of anilines is 1. The van der Waals surface area contributed by atoms with Crippen LogP contribution in [0.5, 0.6) is 0 Å². The van der Waals surface area contributed by atoms with Crippen molar-refractivity contribution in [2.45, 2.75) is 20.0 Å². The summed E-state index contributed by atoms with van der Waals surface area (Å²) in [6.07, 6.45) is 1.00. The molecule has 2 nitrogen and oxygen atoms in total. The number of nitrogens with two attached hydrogens (primary N) is 1. The van der Waals surface area contributed by atoms with Crippen molar-refractivity contribution in [1.82, 2.24) is 0 Å². The Morgan fingerprint density at radius 1 is 1.46 bits per heavy atom. The second kappa shape index (κ2) is 5.10. The SMILES string of the molecule is CCCOCc1c(N)cccc1Cl. The maximum Gasteiger partial charge on any atom is 0.0751 e. The third-order valence-electron chi connectivity index (χ3n) is 1.75. The Bertz CT molecular complexity index is 255. The maximum atomic E-state index is 5.95. The summed E-state index contributed by atoms with van der Waals surface area (Å²) < 4.78 is 5.37. The summed E-state index contributed by atoms with van der Waals surface area (Å²) in [5.41, 5.74) is 7.32. The van der Waals surface area contributed by atoms with Gasteiger partial charge in [0.05, 0.1) is 6.61 Å². The first-order valence-electron chi connectivity index (χ1n) is 4.36. The fourth-order valence-electron chi connectivity index (χ4n) is 1.05. The van der Waals surface area contributed by atoms with E-state index in [-0.39, 0.29) is 0 Å². The minimum absolute atomic E-state index is 0.499. The first-order valence-corrected chi connectivity index (χ1v) is 4.74. The molecule has 0 aliphatic heterocycles. The van der Waals surface area contributed by atoms with Crippen LogP contribution in [0.2, 0.25) is 5.02 Å². The fraction of sp³-hybridized carbons (Fsp3) is 0.400. The van der Waals surface area contributed by atoms with Gasteiger partial charge in [-0.25, -0.2) is 0 Å². The van der Waals surface area contributed by atoms with Gasteiger partial charge in [0.1, 0.15) is 0 Å². The molecular formula is C10H14ClNO. The highest BCUT2D eigenvalue weighted by Gasteiger charge is 2.03. The molecule has 0 unspecified atom stereocenters. The smallest absolute Gasteiger partial charge is 0.0751 e. The zero-order valence-corrected chi connectivity index (χ0v) is 8.47. The Kier molecular flexibility index (Phi) is 4.06. The molecule has 13 heavy (non-hydrogen) atoms. The van der Waals surface area contributed by atoms with Crippen LogP contribution < -0.4 is 5.73 Å². The minimum atomic E-state index is 0.499. The van der Waals surface area contributed by atoms with Gasteiger partial charge in [-0.2, -0.15) is 0 Å². The molecule has 0 aliphatic carbocycles. The van der Waals surface area contributed by atoms with E-state index in [2.05, 4.69) is 6.92 Å². The molecule has 0 aliphatic rings. The highest BCUT2D eigenvalue weighted by atomic mass is 35.5. The lowest BCUT2D eigenvalue weighted by atomic mass is 10.2. The van der Waals surface area contributed by atoms with Gasteiger partial charge in [-0.05, 0) is 18.6 Å². The van der Waals surface area contributed by atoms with Gasteiger partial charge in [-0.3, -0.25) is 0 Å². The maximum absolute atomic E-state index is 5.95. The van der Waals surface area contributed by atoms with E-state index in [4.69, 9.17) is 22.1 Å². The van der Waals surface area contributed by atoms with Gasteiger partial charge in [0.2, 0.25) is 0 Å². The van der Waals surface area contributed by atoms with Gasteiger partial charge in [0.15, 0.2) is 0 Å². The summed E-state index contributed by atoms with van der Waals surface area (Å²) in [5.74, 6) is 0. The van der Waals surface area contributed by atoms with E-state index in [1.54, 1.807) is 0 Å². The van der Waals surface area contributed by atoms with E-state index >= 15 is 0 Å². The van der Waals surface area contributed by atoms with Crippen molar-refractivity contribution in [3.63, 3.8) is 0 Å². The molecule has 0 fully saturated rings. The quantitative estimate of drug-likeness (QED) is 0.598. The molecule has 1 aromatic rings. The lowest BCUT2D eigenvalue weighted by molar-refractivity contribution is 0.122. The molecule has 0 atom stereocenters. The fourth-order valence-corrected chi connectivity index (χ4v) is 1.28. The third-order valence-corrected chi connectivity index (χ3v) is 2.10. The number of ether oxygens (including phenoxy) is 1. The Balaban J connectivity index is 2.64. The van der Waals surface area contributed by atoms with Gasteiger partial charge in [-0.1, -0.05) is 24.6 Å². The van der Waals surface area contributed by atoms with Crippen LogP contribution in [0.3, 0.4) is 0 Å². The van der Waals surface area contributed by atoms with Gasteiger partial charge < -0.3 is 10.5 Å². The average Bonchev–Trinajstić information content (AvgIpc) is 2.10. The van der Waals surface area contributed by atoms with E-state index < -0.39 is 0 Å². The Morgan fingerprint density at radius 2 is 2.23 bits per heavy atom. The van der Waals surface area contributed by atoms with Crippen molar-refractivity contribution in [2.75, 3.05) is 12.3 Å². The van der Waals surface area contributed by atoms with Gasteiger partial charge in [-0.15, -0.1) is 0 Å². The lowest BCUT2D eigenvalue weighted by Crippen LogP contribution is -1.99. The largest absolute Gasteiger partial charge is 0.398 e. The van der Waals surface area contributed by atoms with E-state index in [0.717, 1.165) is 18.6 Å². The van der Waals surface area contributed by atoms with E-state index in [1.807, 2.05) is 18.2 Å². The number of benzene rings is 1. The molecule has 0 bridgehead atoms. The van der Waals surface area contributed by atoms with Gasteiger partial charge in [0.25, 0.3) is 0 Å². The normalized spacial score (nSPS) is 10.3. The average molecular weight is 200 g/mol. The first kappa shape index (κ1) is 10.4. The van der Waals surface area contributed by atoms with Crippen molar-refractivity contribution < 1.29 is 4.74 Å². The standard InChI is InChI=1S/C10H14ClNO/c1-2-6-13-7-8-9(11)4-3-5-10(8)12/h3-5H,2,6-7,12H2,1H3. The van der Waals surface area contributed by atoms with Crippen molar-refractivity contribution in [2.24, 2.45) is 0 Å². The van der Waals surface area contributed by atoms with Gasteiger partial charge >= 0.3 is 0 Å². The molecular weight excluding hydrogens is 186 g/mol. The lowest BCUT2D eigenvalue weighted by Gasteiger charge is -2.07. The summed E-state index contributed by atoms with van der Waals surface area (Å²) in [4.78, 5) is 0. The minimum Gasteiger partial charge on any atom is -0.398 e. The zero-order chi connectivity index (χ0) is 9.68. The summed E-state index contributed by atoms with van der Waals surface area (Å²) in [5, 5.41) is 0.677. The molecule has 0 saturated carbocycles. The molecule has 0 amide bonds. The molecule has 0 spiro atoms. The van der Waals surface area contributed by atoms with Crippen molar-refractivity contribution in [1.29, 1.82) is 0 Å². The molecule has 0 saturated heterocycles. The molecule has 0 radical (unpaired) electrons. The number of nitrogen functional groups attached to an aromatic ring is 1. The molecule has 0 heterocycles. The number of hydrogen-bond donors (Lipinski definition) is 1. The Labute approximate surface area is 83.6 Å². The molecule has 1 aromatic carbocycles. The van der Waals surface area contributed by atoms with Crippen LogP contribution in [0.4, 0.5) is 5.69 Å². The summed E-state index contributed by atoms with van der Waals surface area (Å²) in [6, 6.07) is 5.49. The van der Waals surface area contributed by atoms with E-state index in [1.165, 1.54) is 0 Å². The molecule has 1 rings (SSSR count). The van der Waals surface area contributed by atoms with Gasteiger partial charge in [0, 0.05) is 22.9 Å².